The number of halogens is 1. The van der Waals surface area contributed by atoms with Crippen molar-refractivity contribution in [1.29, 1.82) is 0 Å². The average Bonchev–Trinajstić information content (AvgIpc) is 3.29. The number of anilines is 1. The fourth-order valence-electron chi connectivity index (χ4n) is 4.98. The molecule has 1 atom stereocenters. The molecule has 4 rings (SSSR count). The molecule has 214 valence electrons. The van der Waals surface area contributed by atoms with Crippen LogP contribution in [0.25, 0.3) is 11.7 Å². The fraction of sp³-hybridized carbons (Fsp3) is 0.452. The van der Waals surface area contributed by atoms with Gasteiger partial charge in [0.1, 0.15) is 5.82 Å². The predicted molar refractivity (Wildman–Crippen MR) is 162 cm³/mol. The molecular weight excluding hydrogens is 572 g/mol. The molecule has 1 aromatic carbocycles. The molecule has 1 N–H and O–H groups in total. The van der Waals surface area contributed by atoms with E-state index >= 15 is 0 Å². The number of carboxylic acids is 1. The number of piperidine rings is 1. The van der Waals surface area contributed by atoms with Crippen LogP contribution in [0.3, 0.4) is 0 Å². The van der Waals surface area contributed by atoms with Gasteiger partial charge in [0.05, 0.1) is 29.1 Å². The maximum atomic E-state index is 12.6. The summed E-state index contributed by atoms with van der Waals surface area (Å²) < 4.78 is 15.0. The number of aromatic nitrogens is 3. The molecule has 40 heavy (non-hydrogen) atoms. The molecule has 1 fully saturated rings. The van der Waals surface area contributed by atoms with Crippen LogP contribution in [0, 0.1) is 6.92 Å². The number of ether oxygens (including phenoxy) is 2. The summed E-state index contributed by atoms with van der Waals surface area (Å²) in [4.78, 5) is 19.6. The quantitative estimate of drug-likeness (QED) is 0.260. The Labute approximate surface area is 244 Å². The van der Waals surface area contributed by atoms with E-state index in [1.807, 2.05) is 58.0 Å². The van der Waals surface area contributed by atoms with Crippen molar-refractivity contribution in [2.75, 3.05) is 24.6 Å². The average molecular weight is 612 g/mol. The normalized spacial score (nSPS) is 16.5. The van der Waals surface area contributed by atoms with Crippen molar-refractivity contribution >= 4 is 39.4 Å². The van der Waals surface area contributed by atoms with Crippen molar-refractivity contribution in [1.82, 2.24) is 14.6 Å². The van der Waals surface area contributed by atoms with Gasteiger partial charge in [-0.1, -0.05) is 46.3 Å². The van der Waals surface area contributed by atoms with Crippen molar-refractivity contribution in [3.63, 3.8) is 0 Å². The third-order valence-electron chi connectivity index (χ3n) is 7.04. The van der Waals surface area contributed by atoms with Gasteiger partial charge in [0.15, 0.2) is 11.8 Å². The Morgan fingerprint density at radius 2 is 1.98 bits per heavy atom. The van der Waals surface area contributed by atoms with E-state index in [0.717, 1.165) is 29.4 Å². The Hall–Kier alpha value is -3.01. The molecule has 0 bridgehead atoms. The largest absolute Gasteiger partial charge is 0.479 e. The number of aliphatic carboxylic acids is 1. The summed E-state index contributed by atoms with van der Waals surface area (Å²) >= 11 is 3.61. The minimum Gasteiger partial charge on any atom is -0.479 e. The van der Waals surface area contributed by atoms with Crippen LogP contribution in [0.5, 0.6) is 0 Å². The van der Waals surface area contributed by atoms with Gasteiger partial charge in [-0.05, 0) is 71.6 Å². The third-order valence-corrected chi connectivity index (χ3v) is 7.81. The van der Waals surface area contributed by atoms with E-state index < -0.39 is 17.7 Å². The molecule has 3 heterocycles. The van der Waals surface area contributed by atoms with Gasteiger partial charge in [-0.3, -0.25) is 0 Å². The Kier molecular flexibility index (Phi) is 9.17. The molecule has 9 heteroatoms. The van der Waals surface area contributed by atoms with Gasteiger partial charge in [0.25, 0.3) is 0 Å². The van der Waals surface area contributed by atoms with E-state index in [4.69, 9.17) is 19.6 Å². The second-order valence-electron chi connectivity index (χ2n) is 11.5. The lowest BCUT2D eigenvalue weighted by Crippen LogP contribution is -2.45. The van der Waals surface area contributed by atoms with Gasteiger partial charge in [-0.15, -0.1) is 6.58 Å². The minimum atomic E-state index is -1.20. The lowest BCUT2D eigenvalue weighted by atomic mass is 9.92. The van der Waals surface area contributed by atoms with E-state index in [1.165, 1.54) is 5.56 Å². The summed E-state index contributed by atoms with van der Waals surface area (Å²) in [6, 6.07) is 10.0. The Balaban J connectivity index is 1.77. The molecule has 1 aliphatic rings. The lowest BCUT2D eigenvalue weighted by Gasteiger charge is -2.41. The van der Waals surface area contributed by atoms with Gasteiger partial charge >= 0.3 is 5.97 Å². The van der Waals surface area contributed by atoms with E-state index in [-0.39, 0.29) is 5.60 Å². The van der Waals surface area contributed by atoms with Gasteiger partial charge in [-0.2, -0.15) is 9.61 Å². The summed E-state index contributed by atoms with van der Waals surface area (Å²) in [5.41, 5.74) is 2.77. The summed E-state index contributed by atoms with van der Waals surface area (Å²) in [5, 5.41) is 15.2. The molecule has 0 amide bonds. The standard InChI is InChI=1S/C31H39BrN4O4/c1-7-19-39-31(6)15-17-35(18-16-31)28-26(27(29(37)38)40-30(3,4)5)21(2)33-25-20-23(34-36(25)28)13-10-12-22-11-8-9-14-24(22)32/h7-11,13-14,20,27H,1,12,15-19H2,2-6H3,(H,37,38)/b13-10+. The first-order valence-electron chi connectivity index (χ1n) is 13.6. The molecule has 3 aromatic rings. The second-order valence-corrected chi connectivity index (χ2v) is 12.3. The fourth-order valence-corrected chi connectivity index (χ4v) is 5.42. The van der Waals surface area contributed by atoms with E-state index in [1.54, 1.807) is 10.6 Å². The molecule has 1 saturated heterocycles. The highest BCUT2D eigenvalue weighted by atomic mass is 79.9. The summed E-state index contributed by atoms with van der Waals surface area (Å²) in [6.07, 6.45) is 6.92. The van der Waals surface area contributed by atoms with Crippen LogP contribution in [-0.4, -0.2) is 56.6 Å². The highest BCUT2D eigenvalue weighted by Gasteiger charge is 2.37. The van der Waals surface area contributed by atoms with E-state index in [9.17, 15) is 9.90 Å². The number of aryl methyl sites for hydroxylation is 1. The highest BCUT2D eigenvalue weighted by molar-refractivity contribution is 9.10. The zero-order valence-electron chi connectivity index (χ0n) is 24.0. The number of carbonyl (C=O) groups is 1. The number of fused-ring (bicyclic) bond motifs is 1. The van der Waals surface area contributed by atoms with Crippen molar-refractivity contribution in [3.05, 3.63) is 76.1 Å². The minimum absolute atomic E-state index is 0.274. The predicted octanol–water partition coefficient (Wildman–Crippen LogP) is 6.56. The van der Waals surface area contributed by atoms with Crippen molar-refractivity contribution in [2.45, 2.75) is 71.2 Å². The molecule has 0 radical (unpaired) electrons. The molecule has 8 nitrogen and oxygen atoms in total. The third kappa shape index (κ3) is 7.00. The molecule has 1 unspecified atom stereocenters. The lowest BCUT2D eigenvalue weighted by molar-refractivity contribution is -0.160. The number of hydrogen-bond acceptors (Lipinski definition) is 6. The summed E-state index contributed by atoms with van der Waals surface area (Å²) in [5.74, 6) is -0.354. The Morgan fingerprint density at radius 3 is 2.60 bits per heavy atom. The number of rotatable bonds is 10. The number of carboxylic acid groups (broad SMARTS) is 1. The van der Waals surface area contributed by atoms with Crippen molar-refractivity contribution < 1.29 is 19.4 Å². The van der Waals surface area contributed by atoms with Crippen LogP contribution < -0.4 is 4.90 Å². The van der Waals surface area contributed by atoms with Crippen LogP contribution in [0.4, 0.5) is 5.82 Å². The maximum absolute atomic E-state index is 12.6. The van der Waals surface area contributed by atoms with Gasteiger partial charge in [0, 0.05) is 29.3 Å². The summed E-state index contributed by atoms with van der Waals surface area (Å²) in [6.45, 7) is 15.1. The second kappa shape index (κ2) is 12.2. The highest BCUT2D eigenvalue weighted by Crippen LogP contribution is 2.37. The van der Waals surface area contributed by atoms with Crippen molar-refractivity contribution in [2.24, 2.45) is 0 Å². The molecule has 0 aliphatic carbocycles. The van der Waals surface area contributed by atoms with Gasteiger partial charge in [0.2, 0.25) is 0 Å². The zero-order chi connectivity index (χ0) is 29.1. The maximum Gasteiger partial charge on any atom is 0.337 e. The molecular formula is C31H39BrN4O4. The van der Waals surface area contributed by atoms with Gasteiger partial charge < -0.3 is 19.5 Å². The first-order chi connectivity index (χ1) is 18.9. The Bertz CT molecular complexity index is 1400. The summed E-state index contributed by atoms with van der Waals surface area (Å²) in [7, 11) is 0. The number of allylic oxidation sites excluding steroid dienone is 1. The number of hydrogen-bond donors (Lipinski definition) is 1. The first kappa shape index (κ1) is 30.0. The molecule has 2 aromatic heterocycles. The monoisotopic (exact) mass is 610 g/mol. The van der Waals surface area contributed by atoms with Crippen LogP contribution in [0.1, 0.15) is 69.2 Å². The smallest absolute Gasteiger partial charge is 0.337 e. The number of nitrogens with zero attached hydrogens (tertiary/aromatic N) is 4. The van der Waals surface area contributed by atoms with Gasteiger partial charge in [-0.25, -0.2) is 9.78 Å². The van der Waals surface area contributed by atoms with Crippen LogP contribution in [-0.2, 0) is 20.7 Å². The molecule has 1 aliphatic heterocycles. The topological polar surface area (TPSA) is 89.2 Å². The first-order valence-corrected chi connectivity index (χ1v) is 14.4. The van der Waals surface area contributed by atoms with E-state index in [2.05, 4.69) is 46.5 Å². The van der Waals surface area contributed by atoms with Crippen LogP contribution >= 0.6 is 15.9 Å². The zero-order valence-corrected chi connectivity index (χ0v) is 25.6. The van der Waals surface area contributed by atoms with Crippen LogP contribution in [0.2, 0.25) is 0 Å². The molecule has 0 saturated carbocycles. The van der Waals surface area contributed by atoms with Crippen LogP contribution in [0.15, 0.2) is 53.5 Å². The molecule has 0 spiro atoms. The number of benzene rings is 1. The SMILES string of the molecule is C=CCOC1(C)CCN(c2c(C(OC(C)(C)C)C(=O)O)c(C)nc3cc(/C=C/Cc4ccccc4Br)nn23)CC1. The van der Waals surface area contributed by atoms with Crippen molar-refractivity contribution in [3.8, 4) is 0 Å². The Morgan fingerprint density at radius 1 is 1.27 bits per heavy atom. The van der Waals surface area contributed by atoms with E-state index in [0.29, 0.717) is 42.4 Å².